The second-order valence-electron chi connectivity index (χ2n) is 22.2. The van der Waals surface area contributed by atoms with Crippen molar-refractivity contribution < 1.29 is 174 Å². The molecule has 4 aliphatic rings. The van der Waals surface area contributed by atoms with E-state index in [0.717, 1.165) is 18.2 Å². The average molecular weight is 1360 g/mol. The Hall–Kier alpha value is -14.0. The Balaban J connectivity index is 1.14. The summed E-state index contributed by atoms with van der Waals surface area (Å²) in [6.07, 6.45) is -16.4. The number of cyclic esters (lactones) is 3. The monoisotopic (exact) mass is 1360 g/mol. The standard InChI is InChI=1S/C63H44O35/c64-21-2-1-14(3-22(21)65)54-32(94-58(86)15-4-24(67)43(75)25(68)5-15)11-17-31(93-54)12-23(66)37(42(17)74)40-39-41-38(51(83)53(85)52(39)84)36-20(10-30(73)47(79)50(36)82)62(90)98-57(56(40)97-63(41)91)55-33(95-59(87)16-6-26(69)44(76)27(70)7-16)13-92-60(88)18-8-28(71)45(77)48(80)34(18)35-19(61(89)96-55)9-29(72)46(78)49(35)81/h1-10,12,32-33,40,54-57,64-85H,11,13H2. The fourth-order valence-electron chi connectivity index (χ4n) is 11.9. The Morgan fingerprint density at radius 1 is 0.347 bits per heavy atom. The van der Waals surface area contributed by atoms with E-state index in [1.165, 1.54) is 0 Å². The molecule has 0 aliphatic carbocycles. The van der Waals surface area contributed by atoms with Gasteiger partial charge in [0.2, 0.25) is 23.0 Å². The molecule has 98 heavy (non-hydrogen) atoms. The molecule has 2 bridgehead atoms. The van der Waals surface area contributed by atoms with Gasteiger partial charge >= 0.3 is 35.8 Å². The zero-order chi connectivity index (χ0) is 71.0. The lowest BCUT2D eigenvalue weighted by molar-refractivity contribution is -0.135. The summed E-state index contributed by atoms with van der Waals surface area (Å²) in [5, 5.41) is 244. The van der Waals surface area contributed by atoms with Gasteiger partial charge in [-0.3, -0.25) is 0 Å². The highest BCUT2D eigenvalue weighted by Crippen LogP contribution is 2.62. The number of phenols is 22. The first-order chi connectivity index (χ1) is 46.2. The van der Waals surface area contributed by atoms with Crippen molar-refractivity contribution in [2.45, 2.75) is 49.0 Å². The van der Waals surface area contributed by atoms with Crippen LogP contribution in [0.15, 0.2) is 66.7 Å². The number of phenolic OH excluding ortho intramolecular Hbond substituents is 22. The van der Waals surface area contributed by atoms with E-state index in [1.807, 2.05) is 0 Å². The smallest absolute Gasteiger partial charge is 0.339 e. The van der Waals surface area contributed by atoms with E-state index >= 15 is 14.4 Å². The minimum absolute atomic E-state index is 0.135. The first kappa shape index (κ1) is 64.1. The van der Waals surface area contributed by atoms with Crippen LogP contribution in [0.4, 0.5) is 0 Å². The molecule has 8 aromatic carbocycles. The lowest BCUT2D eigenvalue weighted by Gasteiger charge is -2.43. The van der Waals surface area contributed by atoms with Crippen LogP contribution in [0.2, 0.25) is 0 Å². The van der Waals surface area contributed by atoms with Gasteiger partial charge in [-0.2, -0.15) is 0 Å². The summed E-state index contributed by atoms with van der Waals surface area (Å²) in [5.74, 6) is -44.2. The van der Waals surface area contributed by atoms with Gasteiger partial charge in [-0.15, -0.1) is 0 Å². The molecule has 4 heterocycles. The maximum Gasteiger partial charge on any atom is 0.339 e. The molecule has 35 nitrogen and oxygen atoms in total. The Morgan fingerprint density at radius 2 is 0.786 bits per heavy atom. The van der Waals surface area contributed by atoms with Crippen molar-refractivity contribution in [1.82, 2.24) is 0 Å². The SMILES string of the molecule is O=C(OC1Cc2c(cc(O)c(C3c4c(O)c(O)c(O)c5c4C(=O)OC3C(C3OC(=O)c4cc(O)c(O)c(O)c4-c4c(cc(O)c(O)c4O)C(=O)OCC3OC(=O)c3cc(O)c(O)c(O)c3)OC(=O)c3cc(O)c(O)c(O)c3-5)c2O)OC1c1ccc(O)c(O)c1)c1cc(O)c(O)c(O)c1. The van der Waals surface area contributed by atoms with Crippen LogP contribution in [0.1, 0.15) is 96.4 Å². The third-order valence-corrected chi connectivity index (χ3v) is 16.5. The highest BCUT2D eigenvalue weighted by Gasteiger charge is 2.57. The summed E-state index contributed by atoms with van der Waals surface area (Å²) < 4.78 is 41.3. The van der Waals surface area contributed by atoms with Gasteiger partial charge in [0.1, 0.15) is 30.0 Å². The second-order valence-corrected chi connectivity index (χ2v) is 22.2. The molecule has 0 spiro atoms. The van der Waals surface area contributed by atoms with Crippen molar-refractivity contribution in [3.63, 3.8) is 0 Å². The molecule has 0 saturated heterocycles. The molecule has 0 aromatic heterocycles. The van der Waals surface area contributed by atoms with Crippen molar-refractivity contribution in [1.29, 1.82) is 0 Å². The van der Waals surface area contributed by atoms with Gasteiger partial charge in [-0.05, 0) is 54.6 Å². The van der Waals surface area contributed by atoms with Gasteiger partial charge in [-0.1, -0.05) is 6.07 Å². The van der Waals surface area contributed by atoms with Crippen molar-refractivity contribution in [2.24, 2.45) is 0 Å². The zero-order valence-corrected chi connectivity index (χ0v) is 48.5. The minimum Gasteiger partial charge on any atom is -0.507 e. The van der Waals surface area contributed by atoms with Crippen LogP contribution in [0.25, 0.3) is 22.3 Å². The predicted octanol–water partition coefficient (Wildman–Crippen LogP) is 4.28. The van der Waals surface area contributed by atoms with E-state index < -0.39 is 296 Å². The number of carbonyl (C=O) groups excluding carboxylic acids is 6. The first-order valence-corrected chi connectivity index (χ1v) is 27.8. The maximum absolute atomic E-state index is 15.4. The van der Waals surface area contributed by atoms with Gasteiger partial charge in [-0.25, -0.2) is 28.8 Å². The Kier molecular flexibility index (Phi) is 15.0. The molecule has 8 aromatic rings. The number of carbonyl (C=O) groups is 6. The molecular weight excluding hydrogens is 1320 g/mol. The second kappa shape index (κ2) is 22.9. The lowest BCUT2D eigenvalue weighted by Crippen LogP contribution is -2.56. The fourth-order valence-corrected chi connectivity index (χ4v) is 11.9. The average Bonchev–Trinajstić information content (AvgIpc) is 0.714. The van der Waals surface area contributed by atoms with Crippen LogP contribution < -0.4 is 4.74 Å². The number of hydrogen-bond acceptors (Lipinski definition) is 35. The van der Waals surface area contributed by atoms with E-state index in [1.54, 1.807) is 0 Å². The summed E-state index contributed by atoms with van der Waals surface area (Å²) in [4.78, 5) is 89.2. The summed E-state index contributed by atoms with van der Waals surface area (Å²) in [5.41, 5.74) is -15.0. The molecule has 7 atom stereocenters. The first-order valence-electron chi connectivity index (χ1n) is 27.8. The highest BCUT2D eigenvalue weighted by atomic mass is 16.6. The molecule has 0 fully saturated rings. The normalized spacial score (nSPS) is 19.3. The molecule has 12 rings (SSSR count). The lowest BCUT2D eigenvalue weighted by atomic mass is 9.74. The quantitative estimate of drug-likeness (QED) is 0.0601. The molecule has 506 valence electrons. The fraction of sp³-hybridized carbons (Fsp3) is 0.143. The zero-order valence-electron chi connectivity index (χ0n) is 48.5. The molecular formula is C63H44O35. The van der Waals surface area contributed by atoms with Crippen molar-refractivity contribution in [3.05, 3.63) is 122 Å². The number of hydrogen-bond donors (Lipinski definition) is 22. The molecule has 35 heteroatoms. The van der Waals surface area contributed by atoms with E-state index in [0.29, 0.717) is 42.5 Å². The van der Waals surface area contributed by atoms with Crippen molar-refractivity contribution in [2.75, 3.05) is 6.61 Å². The van der Waals surface area contributed by atoms with Crippen LogP contribution >= 0.6 is 0 Å². The largest absolute Gasteiger partial charge is 0.507 e. The predicted molar refractivity (Wildman–Crippen MR) is 311 cm³/mol. The number of ether oxygens (including phenoxy) is 7. The van der Waals surface area contributed by atoms with E-state index in [-0.39, 0.29) is 11.6 Å². The van der Waals surface area contributed by atoms with Gasteiger partial charge in [0.15, 0.2) is 123 Å². The molecule has 22 N–H and O–H groups in total. The summed E-state index contributed by atoms with van der Waals surface area (Å²) in [6.45, 7) is -1.69. The molecule has 0 amide bonds. The van der Waals surface area contributed by atoms with Crippen LogP contribution in [0.3, 0.4) is 0 Å². The van der Waals surface area contributed by atoms with E-state index in [4.69, 9.17) is 33.2 Å². The minimum atomic E-state index is -3.11. The van der Waals surface area contributed by atoms with Crippen LogP contribution in [-0.4, -0.2) is 185 Å². The number of benzene rings is 8. The van der Waals surface area contributed by atoms with Crippen molar-refractivity contribution >= 4 is 35.8 Å². The Labute approximate surface area is 541 Å². The van der Waals surface area contributed by atoms with E-state index in [9.17, 15) is 127 Å². The Bertz CT molecular complexity index is 4850. The third kappa shape index (κ3) is 9.99. The summed E-state index contributed by atoms with van der Waals surface area (Å²) in [7, 11) is 0. The number of esters is 6. The topological polar surface area (TPSA) is 612 Å². The van der Waals surface area contributed by atoms with Crippen LogP contribution in [-0.2, 0) is 34.8 Å². The van der Waals surface area contributed by atoms with Crippen molar-refractivity contribution in [3.8, 4) is 154 Å². The van der Waals surface area contributed by atoms with Gasteiger partial charge in [0, 0.05) is 57.0 Å². The summed E-state index contributed by atoms with van der Waals surface area (Å²) >= 11 is 0. The van der Waals surface area contributed by atoms with E-state index in [2.05, 4.69) is 0 Å². The maximum atomic E-state index is 15.4. The highest BCUT2D eigenvalue weighted by molar-refractivity contribution is 6.11. The number of aromatic hydroxyl groups is 22. The van der Waals surface area contributed by atoms with Crippen LogP contribution in [0, 0.1) is 0 Å². The molecule has 7 unspecified atom stereocenters. The van der Waals surface area contributed by atoms with Gasteiger partial charge in [0.05, 0.1) is 39.3 Å². The van der Waals surface area contributed by atoms with Gasteiger partial charge < -0.3 is 146 Å². The van der Waals surface area contributed by atoms with Crippen LogP contribution in [0.5, 0.6) is 132 Å². The Morgan fingerprint density at radius 3 is 1.29 bits per heavy atom. The molecule has 0 saturated carbocycles. The number of rotatable bonds is 7. The van der Waals surface area contributed by atoms with Gasteiger partial charge in [0.25, 0.3) is 0 Å². The number of fused-ring (bicyclic) bond motifs is 8. The summed E-state index contributed by atoms with van der Waals surface area (Å²) in [6, 6.07) is 6.81. The molecule has 4 aliphatic heterocycles. The third-order valence-electron chi connectivity index (χ3n) is 16.5. The molecule has 0 radical (unpaired) electrons.